The summed E-state index contributed by atoms with van der Waals surface area (Å²) in [4.78, 5) is 10.5. The second-order valence-electron chi connectivity index (χ2n) is 7.47. The van der Waals surface area contributed by atoms with Gasteiger partial charge >= 0.3 is 12.1 Å². The molecule has 5 heteroatoms. The first-order valence-corrected chi connectivity index (χ1v) is 9.98. The monoisotopic (exact) mass is 380 g/mol. The van der Waals surface area contributed by atoms with Crippen molar-refractivity contribution in [1.82, 2.24) is 0 Å². The van der Waals surface area contributed by atoms with Crippen LogP contribution in [-0.4, -0.2) is 17.2 Å². The van der Waals surface area contributed by atoms with Crippen molar-refractivity contribution in [3.63, 3.8) is 0 Å². The molecule has 0 radical (unpaired) electrons. The van der Waals surface area contributed by atoms with Crippen LogP contribution in [0.4, 0.5) is 8.78 Å². The van der Waals surface area contributed by atoms with E-state index in [2.05, 4.69) is 6.92 Å². The standard InChI is InChI=1S/C22H30F2O3/c1-2-3-4-5-6-17-7-12-19(13-8-17)22(23,24)27-20-14-9-18(10-15-20)11-16-21(25)26/h9-11,14-17,19H,2-8,12-13H2,1H3,(H,25,26). The van der Waals surface area contributed by atoms with Gasteiger partial charge in [-0.3, -0.25) is 0 Å². The average molecular weight is 380 g/mol. The molecular formula is C22H30F2O3. The summed E-state index contributed by atoms with van der Waals surface area (Å²) in [6, 6.07) is 6.04. The number of rotatable bonds is 10. The van der Waals surface area contributed by atoms with Crippen molar-refractivity contribution in [3.05, 3.63) is 35.9 Å². The lowest BCUT2D eigenvalue weighted by Gasteiger charge is -2.33. The number of carboxylic acid groups (broad SMARTS) is 1. The van der Waals surface area contributed by atoms with E-state index in [0.717, 1.165) is 25.3 Å². The molecule has 0 aromatic heterocycles. The number of hydrogen-bond donors (Lipinski definition) is 1. The lowest BCUT2D eigenvalue weighted by atomic mass is 9.79. The highest BCUT2D eigenvalue weighted by Crippen LogP contribution is 2.41. The number of unbranched alkanes of at least 4 members (excludes halogenated alkanes) is 3. The summed E-state index contributed by atoms with van der Waals surface area (Å²) in [6.07, 6.45) is 8.04. The zero-order chi connectivity index (χ0) is 19.7. The maximum atomic E-state index is 14.5. The van der Waals surface area contributed by atoms with E-state index >= 15 is 0 Å². The Labute approximate surface area is 160 Å². The largest absolute Gasteiger partial charge is 0.478 e. The van der Waals surface area contributed by atoms with Gasteiger partial charge < -0.3 is 9.84 Å². The van der Waals surface area contributed by atoms with Gasteiger partial charge in [0.15, 0.2) is 0 Å². The highest BCUT2D eigenvalue weighted by molar-refractivity contribution is 5.85. The zero-order valence-electron chi connectivity index (χ0n) is 16.0. The molecule has 0 atom stereocenters. The van der Waals surface area contributed by atoms with Crippen molar-refractivity contribution in [3.8, 4) is 5.75 Å². The van der Waals surface area contributed by atoms with E-state index in [9.17, 15) is 13.6 Å². The van der Waals surface area contributed by atoms with Crippen LogP contribution in [0.2, 0.25) is 0 Å². The third kappa shape index (κ3) is 7.31. The molecule has 1 N–H and O–H groups in total. The smallest absolute Gasteiger partial charge is 0.400 e. The lowest BCUT2D eigenvalue weighted by molar-refractivity contribution is -0.223. The summed E-state index contributed by atoms with van der Waals surface area (Å²) in [5.41, 5.74) is 0.622. The molecule has 0 amide bonds. The molecule has 1 aromatic carbocycles. The van der Waals surface area contributed by atoms with Gasteiger partial charge in [0.25, 0.3) is 0 Å². The minimum absolute atomic E-state index is 0.106. The minimum atomic E-state index is -3.17. The van der Waals surface area contributed by atoms with Crippen LogP contribution in [0, 0.1) is 11.8 Å². The molecule has 1 saturated carbocycles. The van der Waals surface area contributed by atoms with E-state index in [1.807, 2.05) is 0 Å². The zero-order valence-corrected chi connectivity index (χ0v) is 16.0. The number of hydrogen-bond acceptors (Lipinski definition) is 2. The van der Waals surface area contributed by atoms with Gasteiger partial charge in [0.1, 0.15) is 5.75 Å². The van der Waals surface area contributed by atoms with Crippen LogP contribution in [0.3, 0.4) is 0 Å². The Morgan fingerprint density at radius 2 is 1.81 bits per heavy atom. The minimum Gasteiger partial charge on any atom is -0.478 e. The van der Waals surface area contributed by atoms with Crippen molar-refractivity contribution in [2.75, 3.05) is 0 Å². The molecule has 3 nitrogen and oxygen atoms in total. The van der Waals surface area contributed by atoms with Crippen LogP contribution in [-0.2, 0) is 4.79 Å². The maximum Gasteiger partial charge on any atom is 0.400 e. The molecule has 1 fully saturated rings. The summed E-state index contributed by atoms with van der Waals surface area (Å²) in [7, 11) is 0. The summed E-state index contributed by atoms with van der Waals surface area (Å²) in [5, 5.41) is 8.61. The van der Waals surface area contributed by atoms with Crippen molar-refractivity contribution in [2.24, 2.45) is 11.8 Å². The molecule has 1 aliphatic rings. The highest BCUT2D eigenvalue weighted by Gasteiger charge is 2.43. The molecule has 0 unspecified atom stereocenters. The second-order valence-corrected chi connectivity index (χ2v) is 7.47. The van der Waals surface area contributed by atoms with Gasteiger partial charge in [0.2, 0.25) is 0 Å². The Kier molecular flexibility index (Phi) is 8.26. The summed E-state index contributed by atoms with van der Waals surface area (Å²) >= 11 is 0. The van der Waals surface area contributed by atoms with Gasteiger partial charge in [0.05, 0.1) is 5.92 Å². The second kappa shape index (κ2) is 10.4. The van der Waals surface area contributed by atoms with E-state index in [1.54, 1.807) is 12.1 Å². The third-order valence-corrected chi connectivity index (χ3v) is 5.34. The summed E-state index contributed by atoms with van der Waals surface area (Å²) < 4.78 is 34.0. The fraction of sp³-hybridized carbons (Fsp3) is 0.591. The van der Waals surface area contributed by atoms with Gasteiger partial charge in [-0.15, -0.1) is 0 Å². The van der Waals surface area contributed by atoms with Gasteiger partial charge in [-0.1, -0.05) is 51.2 Å². The Morgan fingerprint density at radius 1 is 1.15 bits per heavy atom. The first-order chi connectivity index (χ1) is 12.9. The van der Waals surface area contributed by atoms with Crippen molar-refractivity contribution >= 4 is 12.0 Å². The van der Waals surface area contributed by atoms with Gasteiger partial charge in [-0.05, 0) is 55.4 Å². The number of carbonyl (C=O) groups is 1. The fourth-order valence-electron chi connectivity index (χ4n) is 3.70. The number of ether oxygens (including phenoxy) is 1. The molecule has 0 bridgehead atoms. The third-order valence-electron chi connectivity index (χ3n) is 5.34. The average Bonchev–Trinajstić information content (AvgIpc) is 2.65. The van der Waals surface area contributed by atoms with E-state index in [1.165, 1.54) is 43.9 Å². The Morgan fingerprint density at radius 3 is 2.41 bits per heavy atom. The van der Waals surface area contributed by atoms with Crippen LogP contribution in [0.1, 0.15) is 70.3 Å². The van der Waals surface area contributed by atoms with E-state index in [0.29, 0.717) is 24.3 Å². The fourth-order valence-corrected chi connectivity index (χ4v) is 3.70. The van der Waals surface area contributed by atoms with E-state index in [4.69, 9.17) is 9.84 Å². The maximum absolute atomic E-state index is 14.5. The SMILES string of the molecule is CCCCCCC1CCC(C(F)(F)Oc2ccc(C=CC(=O)O)cc2)CC1. The quantitative estimate of drug-likeness (QED) is 0.371. The molecule has 0 aliphatic heterocycles. The first kappa shape index (κ1) is 21.4. The molecule has 1 aromatic rings. The molecule has 0 saturated heterocycles. The highest BCUT2D eigenvalue weighted by atomic mass is 19.3. The van der Waals surface area contributed by atoms with Crippen molar-refractivity contribution in [2.45, 2.75) is 70.8 Å². The van der Waals surface area contributed by atoms with Crippen LogP contribution < -0.4 is 4.74 Å². The molecule has 27 heavy (non-hydrogen) atoms. The van der Waals surface area contributed by atoms with Crippen LogP contribution in [0.5, 0.6) is 5.75 Å². The molecule has 0 heterocycles. The summed E-state index contributed by atoms with van der Waals surface area (Å²) in [6.45, 7) is 2.19. The lowest BCUT2D eigenvalue weighted by Crippen LogP contribution is -2.37. The normalized spacial score (nSPS) is 20.7. The Balaban J connectivity index is 1.81. The molecule has 1 aliphatic carbocycles. The number of carboxylic acids is 1. The van der Waals surface area contributed by atoms with Gasteiger partial charge in [0, 0.05) is 6.08 Å². The van der Waals surface area contributed by atoms with Crippen molar-refractivity contribution < 1.29 is 23.4 Å². The van der Waals surface area contributed by atoms with Gasteiger partial charge in [-0.2, -0.15) is 8.78 Å². The molecule has 2 rings (SSSR count). The van der Waals surface area contributed by atoms with Crippen LogP contribution in [0.15, 0.2) is 30.3 Å². The van der Waals surface area contributed by atoms with Crippen LogP contribution in [0.25, 0.3) is 6.08 Å². The topological polar surface area (TPSA) is 46.5 Å². The van der Waals surface area contributed by atoms with Gasteiger partial charge in [-0.25, -0.2) is 4.79 Å². The van der Waals surface area contributed by atoms with E-state index < -0.39 is 18.0 Å². The summed E-state index contributed by atoms with van der Waals surface area (Å²) in [5.74, 6) is -1.11. The Bertz CT molecular complexity index is 602. The predicted molar refractivity (Wildman–Crippen MR) is 103 cm³/mol. The van der Waals surface area contributed by atoms with Crippen LogP contribution >= 0.6 is 0 Å². The number of halogens is 2. The predicted octanol–water partition coefficient (Wildman–Crippen LogP) is 6.53. The number of aliphatic carboxylic acids is 1. The van der Waals surface area contributed by atoms with E-state index in [-0.39, 0.29) is 5.75 Å². The Hall–Kier alpha value is -1.91. The molecular weight excluding hydrogens is 350 g/mol. The molecule has 150 valence electrons. The number of benzene rings is 1. The first-order valence-electron chi connectivity index (χ1n) is 9.98. The molecule has 0 spiro atoms. The number of alkyl halides is 2. The van der Waals surface area contributed by atoms with Crippen molar-refractivity contribution in [1.29, 1.82) is 0 Å².